The lowest BCUT2D eigenvalue weighted by Gasteiger charge is -2.31. The van der Waals surface area contributed by atoms with Crippen LogP contribution in [0.1, 0.15) is 46.1 Å². The van der Waals surface area contributed by atoms with Crippen LogP contribution >= 0.6 is 11.3 Å². The summed E-state index contributed by atoms with van der Waals surface area (Å²) in [5.74, 6) is -0.325. The largest absolute Gasteiger partial charge is 0.378 e. The van der Waals surface area contributed by atoms with Crippen molar-refractivity contribution in [2.45, 2.75) is 38.3 Å². The topological polar surface area (TPSA) is 40.5 Å². The van der Waals surface area contributed by atoms with Crippen LogP contribution in [-0.4, -0.2) is 29.6 Å². The molecule has 184 valence electrons. The summed E-state index contributed by atoms with van der Waals surface area (Å²) in [6.07, 6.45) is 6.71. The van der Waals surface area contributed by atoms with Crippen LogP contribution in [-0.2, 0) is 19.4 Å². The first-order valence-electron chi connectivity index (χ1n) is 12.4. The quantitative estimate of drug-likeness (QED) is 0.338. The van der Waals surface area contributed by atoms with Crippen LogP contribution in [0.25, 0.3) is 5.00 Å². The number of hydrogen-bond acceptors (Lipinski definition) is 3. The molecule has 0 unspecified atom stereocenters. The number of halogens is 1. The van der Waals surface area contributed by atoms with Crippen LogP contribution in [0.3, 0.4) is 0 Å². The number of fused-ring (bicyclic) bond motifs is 5. The number of hydrogen-bond donors (Lipinski definition) is 1. The Balaban J connectivity index is 1.48. The molecule has 1 aliphatic heterocycles. The number of nitrogens with one attached hydrogen (secondary N) is 1. The van der Waals surface area contributed by atoms with Gasteiger partial charge in [0.05, 0.1) is 18.3 Å². The van der Waals surface area contributed by atoms with Crippen molar-refractivity contribution in [1.82, 2.24) is 9.47 Å². The predicted molar refractivity (Wildman–Crippen MR) is 144 cm³/mol. The Kier molecular flexibility index (Phi) is 5.80. The van der Waals surface area contributed by atoms with Crippen LogP contribution in [0.5, 0.6) is 0 Å². The van der Waals surface area contributed by atoms with Gasteiger partial charge in [-0.1, -0.05) is 12.1 Å². The van der Waals surface area contributed by atoms with Crippen molar-refractivity contribution in [2.24, 2.45) is 0 Å². The van der Waals surface area contributed by atoms with Gasteiger partial charge in [0, 0.05) is 42.1 Å². The third kappa shape index (κ3) is 3.97. The SMILES string of the molecule is CN(C)c1ccc([C@@H]2c3cccn3-c3sc4c(c3CN2C(=O)Nc2ccc(F)cc2)CCCC4)cc1. The molecule has 7 heteroatoms. The van der Waals surface area contributed by atoms with Gasteiger partial charge in [-0.05, 0) is 85.3 Å². The Hall–Kier alpha value is -3.58. The molecule has 0 fully saturated rings. The fraction of sp³-hybridized carbons (Fsp3) is 0.276. The summed E-state index contributed by atoms with van der Waals surface area (Å²) in [5, 5.41) is 4.26. The number of nitrogens with zero attached hydrogens (tertiary/aromatic N) is 3. The second-order valence-corrected chi connectivity index (χ2v) is 10.8. The molecule has 2 aromatic carbocycles. The molecule has 1 aliphatic carbocycles. The van der Waals surface area contributed by atoms with E-state index >= 15 is 0 Å². The zero-order valence-electron chi connectivity index (χ0n) is 20.5. The fourth-order valence-corrected chi connectivity index (χ4v) is 6.82. The number of carbonyl (C=O) groups is 1. The molecular weight excluding hydrogens is 471 g/mol. The number of thiophene rings is 1. The van der Waals surface area contributed by atoms with Gasteiger partial charge in [0.1, 0.15) is 10.8 Å². The predicted octanol–water partition coefficient (Wildman–Crippen LogP) is 6.76. The Bertz CT molecular complexity index is 1400. The smallest absolute Gasteiger partial charge is 0.322 e. The second kappa shape index (κ2) is 9.13. The van der Waals surface area contributed by atoms with Crippen LogP contribution in [0.2, 0.25) is 0 Å². The van der Waals surface area contributed by atoms with Crippen molar-refractivity contribution in [2.75, 3.05) is 24.3 Å². The third-order valence-electron chi connectivity index (χ3n) is 7.26. The highest BCUT2D eigenvalue weighted by atomic mass is 32.1. The van der Waals surface area contributed by atoms with Crippen molar-refractivity contribution in [1.29, 1.82) is 0 Å². The van der Waals surface area contributed by atoms with E-state index in [9.17, 15) is 9.18 Å². The molecule has 2 aromatic heterocycles. The number of urea groups is 1. The van der Waals surface area contributed by atoms with Gasteiger partial charge in [-0.15, -0.1) is 11.3 Å². The molecule has 36 heavy (non-hydrogen) atoms. The molecular formula is C29H29FN4OS. The van der Waals surface area contributed by atoms with Gasteiger partial charge in [0.2, 0.25) is 0 Å². The van der Waals surface area contributed by atoms with Crippen LogP contribution < -0.4 is 10.2 Å². The molecule has 1 atom stereocenters. The minimum Gasteiger partial charge on any atom is -0.378 e. The maximum Gasteiger partial charge on any atom is 0.322 e. The lowest BCUT2D eigenvalue weighted by molar-refractivity contribution is 0.194. The zero-order chi connectivity index (χ0) is 24.8. The summed E-state index contributed by atoms with van der Waals surface area (Å²) >= 11 is 1.88. The highest BCUT2D eigenvalue weighted by molar-refractivity contribution is 7.15. The molecule has 0 saturated heterocycles. The normalized spacial score (nSPS) is 16.5. The van der Waals surface area contributed by atoms with Crippen molar-refractivity contribution >= 4 is 28.7 Å². The van der Waals surface area contributed by atoms with Crippen molar-refractivity contribution in [3.63, 3.8) is 0 Å². The summed E-state index contributed by atoms with van der Waals surface area (Å²) in [4.78, 5) is 19.4. The van der Waals surface area contributed by atoms with E-state index in [1.54, 1.807) is 12.1 Å². The first-order valence-corrected chi connectivity index (χ1v) is 13.2. The van der Waals surface area contributed by atoms with Crippen molar-refractivity contribution < 1.29 is 9.18 Å². The number of rotatable bonds is 3. The Morgan fingerprint density at radius 1 is 1.00 bits per heavy atom. The number of carbonyl (C=O) groups excluding carboxylic acids is 1. The number of anilines is 2. The van der Waals surface area contributed by atoms with Crippen LogP contribution in [0.4, 0.5) is 20.6 Å². The molecule has 0 spiro atoms. The minimum absolute atomic E-state index is 0.195. The van der Waals surface area contributed by atoms with E-state index in [2.05, 4.69) is 57.4 Å². The molecule has 0 radical (unpaired) electrons. The van der Waals surface area contributed by atoms with E-state index in [0.29, 0.717) is 12.2 Å². The lowest BCUT2D eigenvalue weighted by atomic mass is 9.95. The monoisotopic (exact) mass is 500 g/mol. The molecule has 6 rings (SSSR count). The summed E-state index contributed by atoms with van der Waals surface area (Å²) in [7, 11) is 4.05. The summed E-state index contributed by atoms with van der Waals surface area (Å²) < 4.78 is 15.8. The fourth-order valence-electron chi connectivity index (χ4n) is 5.42. The van der Waals surface area contributed by atoms with E-state index in [1.165, 1.54) is 46.0 Å². The molecule has 0 saturated carbocycles. The number of benzene rings is 2. The van der Waals surface area contributed by atoms with Crippen LogP contribution in [0.15, 0.2) is 66.9 Å². The van der Waals surface area contributed by atoms with Gasteiger partial charge in [0.25, 0.3) is 0 Å². The molecule has 0 bridgehead atoms. The molecule has 5 nitrogen and oxygen atoms in total. The summed E-state index contributed by atoms with van der Waals surface area (Å²) in [6.45, 7) is 0.524. The van der Waals surface area contributed by atoms with Gasteiger partial charge in [-0.25, -0.2) is 9.18 Å². The summed E-state index contributed by atoms with van der Waals surface area (Å²) in [6, 6.07) is 18.1. The summed E-state index contributed by atoms with van der Waals surface area (Å²) in [5.41, 5.74) is 6.49. The maximum atomic E-state index is 13.9. The second-order valence-electron chi connectivity index (χ2n) is 9.75. The first-order chi connectivity index (χ1) is 17.5. The van der Waals surface area contributed by atoms with Crippen molar-refractivity contribution in [3.8, 4) is 5.00 Å². The number of amides is 2. The number of aryl methyl sites for hydroxylation is 1. The highest BCUT2D eigenvalue weighted by Gasteiger charge is 2.36. The zero-order valence-corrected chi connectivity index (χ0v) is 21.3. The van der Waals surface area contributed by atoms with Gasteiger partial charge >= 0.3 is 6.03 Å². The van der Waals surface area contributed by atoms with E-state index in [4.69, 9.17) is 0 Å². The highest BCUT2D eigenvalue weighted by Crippen LogP contribution is 2.44. The van der Waals surface area contributed by atoms with Gasteiger partial charge in [-0.2, -0.15) is 0 Å². The average Bonchev–Trinajstić information content (AvgIpc) is 3.47. The van der Waals surface area contributed by atoms with Gasteiger partial charge in [-0.3, -0.25) is 0 Å². The first kappa shape index (κ1) is 22.9. The Labute approximate surface area is 214 Å². The number of aromatic nitrogens is 1. The van der Waals surface area contributed by atoms with E-state index < -0.39 is 0 Å². The standard InChI is InChI=1S/C29H29FN4OS/c1-32(2)22-15-9-19(10-16-22)27-25-7-5-17-33(25)28-24(23-6-3-4-8-26(23)36-28)18-34(27)29(35)31-21-13-11-20(30)12-14-21/h5,7,9-17,27H,3-4,6,8,18H2,1-2H3,(H,31,35)/t27-/m1/s1. The van der Waals surface area contributed by atoms with E-state index in [-0.39, 0.29) is 17.9 Å². The molecule has 2 aliphatic rings. The lowest BCUT2D eigenvalue weighted by Crippen LogP contribution is -2.38. The maximum absolute atomic E-state index is 13.9. The average molecular weight is 501 g/mol. The van der Waals surface area contributed by atoms with Gasteiger partial charge < -0.3 is 19.7 Å². The Morgan fingerprint density at radius 3 is 2.50 bits per heavy atom. The molecule has 1 N–H and O–H groups in total. The molecule has 3 heterocycles. The van der Waals surface area contributed by atoms with Crippen molar-refractivity contribution in [3.05, 3.63) is 99.9 Å². The van der Waals surface area contributed by atoms with Gasteiger partial charge in [0.15, 0.2) is 0 Å². The Morgan fingerprint density at radius 2 is 1.75 bits per heavy atom. The molecule has 4 aromatic rings. The van der Waals surface area contributed by atoms with Crippen LogP contribution in [0, 0.1) is 5.82 Å². The third-order valence-corrected chi connectivity index (χ3v) is 8.59. The molecule has 2 amide bonds. The minimum atomic E-state index is -0.325. The van der Waals surface area contributed by atoms with E-state index in [1.807, 2.05) is 30.3 Å². The van der Waals surface area contributed by atoms with E-state index in [0.717, 1.165) is 29.8 Å².